The van der Waals surface area contributed by atoms with Crippen LogP contribution in [0.1, 0.15) is 53.6 Å². The highest BCUT2D eigenvalue weighted by molar-refractivity contribution is 6.03. The Morgan fingerprint density at radius 1 is 1.19 bits per heavy atom. The third-order valence-electron chi connectivity index (χ3n) is 4.64. The SMILES string of the molecule is CCC1CCCCN1C(=O)c1cccc(C(=O)Nc2cccc(F)c2)n1. The smallest absolute Gasteiger partial charge is 0.274 e. The van der Waals surface area contributed by atoms with Gasteiger partial charge in [0.15, 0.2) is 0 Å². The van der Waals surface area contributed by atoms with E-state index in [1.54, 1.807) is 24.3 Å². The number of nitrogens with one attached hydrogen (secondary N) is 1. The van der Waals surface area contributed by atoms with Crippen LogP contribution < -0.4 is 5.32 Å². The number of benzene rings is 1. The Hall–Kier alpha value is -2.76. The summed E-state index contributed by atoms with van der Waals surface area (Å²) in [7, 11) is 0. The summed E-state index contributed by atoms with van der Waals surface area (Å²) in [4.78, 5) is 31.3. The fourth-order valence-corrected chi connectivity index (χ4v) is 3.28. The van der Waals surface area contributed by atoms with Gasteiger partial charge >= 0.3 is 0 Å². The molecule has 1 aliphatic rings. The second-order valence-electron chi connectivity index (χ2n) is 6.43. The fraction of sp³-hybridized carbons (Fsp3) is 0.350. The number of anilines is 1. The first-order valence-corrected chi connectivity index (χ1v) is 8.93. The minimum absolute atomic E-state index is 0.130. The lowest BCUT2D eigenvalue weighted by atomic mass is 9.99. The Kier molecular flexibility index (Phi) is 5.61. The third kappa shape index (κ3) is 4.07. The monoisotopic (exact) mass is 355 g/mol. The number of rotatable bonds is 4. The van der Waals surface area contributed by atoms with Crippen LogP contribution in [-0.2, 0) is 0 Å². The highest BCUT2D eigenvalue weighted by Gasteiger charge is 2.27. The number of nitrogens with zero attached hydrogens (tertiary/aromatic N) is 2. The molecule has 2 aromatic rings. The molecule has 1 aliphatic heterocycles. The molecule has 1 N–H and O–H groups in total. The fourth-order valence-electron chi connectivity index (χ4n) is 3.28. The molecule has 3 rings (SSSR count). The molecule has 0 aliphatic carbocycles. The van der Waals surface area contributed by atoms with Gasteiger partial charge in [-0.15, -0.1) is 0 Å². The molecule has 5 nitrogen and oxygen atoms in total. The van der Waals surface area contributed by atoms with Crippen LogP contribution in [0.25, 0.3) is 0 Å². The lowest BCUT2D eigenvalue weighted by Crippen LogP contribution is -2.43. The lowest BCUT2D eigenvalue weighted by Gasteiger charge is -2.35. The molecule has 0 radical (unpaired) electrons. The minimum atomic E-state index is -0.476. The molecule has 0 bridgehead atoms. The van der Waals surface area contributed by atoms with Crippen LogP contribution in [0.15, 0.2) is 42.5 Å². The number of hydrogen-bond acceptors (Lipinski definition) is 3. The van der Waals surface area contributed by atoms with Gasteiger partial charge in [-0.05, 0) is 56.0 Å². The number of amides is 2. The van der Waals surface area contributed by atoms with Crippen LogP contribution in [0.5, 0.6) is 0 Å². The Morgan fingerprint density at radius 2 is 1.96 bits per heavy atom. The second-order valence-corrected chi connectivity index (χ2v) is 6.43. The molecule has 1 atom stereocenters. The third-order valence-corrected chi connectivity index (χ3v) is 4.64. The molecule has 1 unspecified atom stereocenters. The summed E-state index contributed by atoms with van der Waals surface area (Å²) in [6, 6.07) is 10.7. The first-order valence-electron chi connectivity index (χ1n) is 8.93. The highest BCUT2D eigenvalue weighted by Crippen LogP contribution is 2.21. The number of pyridine rings is 1. The topological polar surface area (TPSA) is 62.3 Å². The zero-order valence-corrected chi connectivity index (χ0v) is 14.7. The van der Waals surface area contributed by atoms with E-state index in [0.717, 1.165) is 32.2 Å². The van der Waals surface area contributed by atoms with Gasteiger partial charge in [0.05, 0.1) is 0 Å². The predicted octanol–water partition coefficient (Wildman–Crippen LogP) is 3.88. The number of hydrogen-bond donors (Lipinski definition) is 1. The Labute approximate surface area is 152 Å². The quantitative estimate of drug-likeness (QED) is 0.905. The maximum atomic E-state index is 13.2. The molecular weight excluding hydrogens is 333 g/mol. The van der Waals surface area contributed by atoms with Crippen molar-refractivity contribution in [3.05, 3.63) is 59.7 Å². The van der Waals surface area contributed by atoms with Gasteiger partial charge in [0.2, 0.25) is 0 Å². The number of carbonyl (C=O) groups is 2. The van der Waals surface area contributed by atoms with Gasteiger partial charge < -0.3 is 10.2 Å². The van der Waals surface area contributed by atoms with Gasteiger partial charge in [-0.1, -0.05) is 19.1 Å². The summed E-state index contributed by atoms with van der Waals surface area (Å²) in [6.45, 7) is 2.80. The molecule has 1 aromatic carbocycles. The summed E-state index contributed by atoms with van der Waals surface area (Å²) < 4.78 is 13.2. The van der Waals surface area contributed by atoms with Crippen LogP contribution in [0, 0.1) is 5.82 Å². The first kappa shape index (κ1) is 18.0. The molecular formula is C20H22FN3O2. The van der Waals surface area contributed by atoms with E-state index < -0.39 is 11.7 Å². The van der Waals surface area contributed by atoms with Crippen molar-refractivity contribution in [2.24, 2.45) is 0 Å². The van der Waals surface area contributed by atoms with Crippen LogP contribution in [0.2, 0.25) is 0 Å². The first-order chi connectivity index (χ1) is 12.6. The van der Waals surface area contributed by atoms with Crippen LogP contribution in [0.3, 0.4) is 0 Å². The zero-order valence-electron chi connectivity index (χ0n) is 14.7. The summed E-state index contributed by atoms with van der Waals surface area (Å²) >= 11 is 0. The van der Waals surface area contributed by atoms with Crippen molar-refractivity contribution in [2.45, 2.75) is 38.6 Å². The number of piperidine rings is 1. The van der Waals surface area contributed by atoms with E-state index in [1.165, 1.54) is 18.2 Å². The summed E-state index contributed by atoms with van der Waals surface area (Å²) in [5.41, 5.74) is 0.734. The summed E-state index contributed by atoms with van der Waals surface area (Å²) in [5, 5.41) is 2.60. The molecule has 136 valence electrons. The Morgan fingerprint density at radius 3 is 2.73 bits per heavy atom. The summed E-state index contributed by atoms with van der Waals surface area (Å²) in [5.74, 6) is -1.05. The van der Waals surface area contributed by atoms with Gasteiger partial charge in [0.25, 0.3) is 11.8 Å². The molecule has 2 heterocycles. The van der Waals surface area contributed by atoms with E-state index in [2.05, 4.69) is 17.2 Å². The number of aromatic nitrogens is 1. The van der Waals surface area contributed by atoms with Crippen LogP contribution in [-0.4, -0.2) is 34.3 Å². The zero-order chi connectivity index (χ0) is 18.5. The number of carbonyl (C=O) groups excluding carboxylic acids is 2. The Bertz CT molecular complexity index is 809. The van der Waals surface area contributed by atoms with Crippen molar-refractivity contribution in [1.29, 1.82) is 0 Å². The lowest BCUT2D eigenvalue weighted by molar-refractivity contribution is 0.0602. The molecule has 1 saturated heterocycles. The summed E-state index contributed by atoms with van der Waals surface area (Å²) in [6.07, 6.45) is 4.03. The second kappa shape index (κ2) is 8.08. The number of likely N-dealkylation sites (tertiary alicyclic amines) is 1. The average molecular weight is 355 g/mol. The Balaban J connectivity index is 1.77. The van der Waals surface area contributed by atoms with Crippen LogP contribution >= 0.6 is 0 Å². The van der Waals surface area contributed by atoms with E-state index in [0.29, 0.717) is 5.69 Å². The van der Waals surface area contributed by atoms with E-state index in [4.69, 9.17) is 0 Å². The molecule has 26 heavy (non-hydrogen) atoms. The molecule has 6 heteroatoms. The van der Waals surface area contributed by atoms with Gasteiger partial charge in [-0.2, -0.15) is 0 Å². The highest BCUT2D eigenvalue weighted by atomic mass is 19.1. The number of halogens is 1. The maximum absolute atomic E-state index is 13.2. The van der Waals surface area contributed by atoms with Gasteiger partial charge in [0.1, 0.15) is 17.2 Å². The van der Waals surface area contributed by atoms with E-state index in [9.17, 15) is 14.0 Å². The largest absolute Gasteiger partial charge is 0.334 e. The average Bonchev–Trinajstić information content (AvgIpc) is 2.67. The van der Waals surface area contributed by atoms with E-state index in [-0.39, 0.29) is 23.3 Å². The standard InChI is InChI=1S/C20H22FN3O2/c1-2-16-9-3-4-12-24(16)20(26)18-11-6-10-17(23-18)19(25)22-15-8-5-7-14(21)13-15/h5-8,10-11,13,16H,2-4,9,12H2,1H3,(H,22,25). The van der Waals surface area contributed by atoms with Crippen molar-refractivity contribution < 1.29 is 14.0 Å². The predicted molar refractivity (Wildman–Crippen MR) is 97.6 cm³/mol. The van der Waals surface area contributed by atoms with Gasteiger partial charge in [0, 0.05) is 18.3 Å². The van der Waals surface area contributed by atoms with Crippen molar-refractivity contribution in [2.75, 3.05) is 11.9 Å². The van der Waals surface area contributed by atoms with Gasteiger partial charge in [-0.25, -0.2) is 9.37 Å². The van der Waals surface area contributed by atoms with Crippen molar-refractivity contribution in [1.82, 2.24) is 9.88 Å². The van der Waals surface area contributed by atoms with Crippen molar-refractivity contribution in [3.8, 4) is 0 Å². The molecule has 0 spiro atoms. The van der Waals surface area contributed by atoms with E-state index >= 15 is 0 Å². The normalized spacial score (nSPS) is 17.0. The molecule has 2 amide bonds. The molecule has 1 fully saturated rings. The van der Waals surface area contributed by atoms with E-state index in [1.807, 2.05) is 4.90 Å². The van der Waals surface area contributed by atoms with Crippen LogP contribution in [0.4, 0.5) is 10.1 Å². The molecule has 0 saturated carbocycles. The maximum Gasteiger partial charge on any atom is 0.274 e. The van der Waals surface area contributed by atoms with Gasteiger partial charge in [-0.3, -0.25) is 9.59 Å². The minimum Gasteiger partial charge on any atom is -0.334 e. The molecule has 1 aromatic heterocycles. The van der Waals surface area contributed by atoms with Crippen molar-refractivity contribution >= 4 is 17.5 Å². The van der Waals surface area contributed by atoms with Crippen molar-refractivity contribution in [3.63, 3.8) is 0 Å².